The van der Waals surface area contributed by atoms with Crippen molar-refractivity contribution < 1.29 is 0 Å². The van der Waals surface area contributed by atoms with Gasteiger partial charge in [0.25, 0.3) is 0 Å². The number of fused-ring (bicyclic) bond motifs is 1. The van der Waals surface area contributed by atoms with E-state index in [1.165, 1.54) is 24.2 Å². The van der Waals surface area contributed by atoms with Gasteiger partial charge in [-0.15, -0.1) is 0 Å². The van der Waals surface area contributed by atoms with E-state index in [0.29, 0.717) is 0 Å². The van der Waals surface area contributed by atoms with Gasteiger partial charge in [0.05, 0.1) is 11.0 Å². The van der Waals surface area contributed by atoms with Crippen LogP contribution in [0.2, 0.25) is 0 Å². The summed E-state index contributed by atoms with van der Waals surface area (Å²) in [5, 5.41) is 0. The lowest BCUT2D eigenvalue weighted by atomic mass is 9.95. The Hall–Kier alpha value is -1.51. The zero-order valence-corrected chi connectivity index (χ0v) is 11.6. The van der Waals surface area contributed by atoms with Crippen LogP contribution in [0.15, 0.2) is 18.2 Å². The van der Waals surface area contributed by atoms with Crippen molar-refractivity contribution in [3.05, 3.63) is 24.0 Å². The first-order chi connectivity index (χ1) is 8.31. The molecule has 96 valence electrons. The van der Waals surface area contributed by atoms with Crippen molar-refractivity contribution in [2.24, 2.45) is 0 Å². The molecule has 1 heterocycles. The molecule has 3 heteroatoms. The third-order valence-electron chi connectivity index (χ3n) is 3.86. The molecule has 0 spiro atoms. The van der Waals surface area contributed by atoms with Gasteiger partial charge >= 0.3 is 0 Å². The quantitative estimate of drug-likeness (QED) is 0.780. The number of nitrogens with two attached hydrogens (primary N) is 1. The number of anilines is 1. The fourth-order valence-electron chi connectivity index (χ4n) is 2.55. The topological polar surface area (TPSA) is 43.8 Å². The molecule has 1 aliphatic rings. The summed E-state index contributed by atoms with van der Waals surface area (Å²) in [6.07, 6.45) is 2.48. The lowest BCUT2D eigenvalue weighted by Crippen LogP contribution is -2.24. The standard InChI is InChI=1S/C15H21N3/c1-14(2,3)13-17-11-9-10(16)5-6-12(11)18(13)15(4)7-8-15/h5-6,9H,7-8,16H2,1-4H3. The van der Waals surface area contributed by atoms with Crippen LogP contribution in [0.1, 0.15) is 46.4 Å². The average Bonchev–Trinajstić information content (AvgIpc) is 2.87. The van der Waals surface area contributed by atoms with Crippen molar-refractivity contribution in [1.82, 2.24) is 9.55 Å². The van der Waals surface area contributed by atoms with Crippen molar-refractivity contribution in [3.8, 4) is 0 Å². The van der Waals surface area contributed by atoms with E-state index in [0.717, 1.165) is 11.2 Å². The van der Waals surface area contributed by atoms with Crippen LogP contribution >= 0.6 is 0 Å². The van der Waals surface area contributed by atoms with Gasteiger partial charge in [0.1, 0.15) is 5.82 Å². The van der Waals surface area contributed by atoms with Gasteiger partial charge in [0, 0.05) is 16.6 Å². The van der Waals surface area contributed by atoms with Crippen molar-refractivity contribution in [2.75, 3.05) is 5.73 Å². The molecule has 0 saturated heterocycles. The predicted octanol–water partition coefficient (Wildman–Crippen LogP) is 3.43. The Labute approximate surface area is 108 Å². The second-order valence-electron chi connectivity index (χ2n) is 6.77. The lowest BCUT2D eigenvalue weighted by molar-refractivity contribution is 0.448. The van der Waals surface area contributed by atoms with Gasteiger partial charge in [0.15, 0.2) is 0 Å². The molecule has 1 saturated carbocycles. The molecule has 0 atom stereocenters. The number of imidazole rings is 1. The normalized spacial score (nSPS) is 18.2. The third kappa shape index (κ3) is 1.61. The summed E-state index contributed by atoms with van der Waals surface area (Å²) in [5.74, 6) is 1.17. The Morgan fingerprint density at radius 2 is 1.94 bits per heavy atom. The van der Waals surface area contributed by atoms with Crippen molar-refractivity contribution in [1.29, 1.82) is 0 Å². The summed E-state index contributed by atoms with van der Waals surface area (Å²) >= 11 is 0. The van der Waals surface area contributed by atoms with Crippen molar-refractivity contribution in [3.63, 3.8) is 0 Å². The molecule has 0 aliphatic heterocycles. The molecule has 3 nitrogen and oxygen atoms in total. The van der Waals surface area contributed by atoms with Gasteiger partial charge in [-0.1, -0.05) is 20.8 Å². The van der Waals surface area contributed by atoms with Crippen LogP contribution in [0.25, 0.3) is 11.0 Å². The summed E-state index contributed by atoms with van der Waals surface area (Å²) in [5.41, 5.74) is 9.20. The van der Waals surface area contributed by atoms with E-state index >= 15 is 0 Å². The average molecular weight is 243 g/mol. The smallest absolute Gasteiger partial charge is 0.115 e. The Morgan fingerprint density at radius 1 is 1.28 bits per heavy atom. The van der Waals surface area contributed by atoms with Crippen LogP contribution in [0.4, 0.5) is 5.69 Å². The molecule has 2 N–H and O–H groups in total. The number of hydrogen-bond donors (Lipinski definition) is 1. The van der Waals surface area contributed by atoms with Gasteiger partial charge in [-0.05, 0) is 38.0 Å². The summed E-state index contributed by atoms with van der Waals surface area (Å²) in [6, 6.07) is 6.06. The fraction of sp³-hybridized carbons (Fsp3) is 0.533. The van der Waals surface area contributed by atoms with Gasteiger partial charge in [-0.25, -0.2) is 4.98 Å². The Kier molecular flexibility index (Phi) is 2.11. The van der Waals surface area contributed by atoms with E-state index in [1.54, 1.807) is 0 Å². The van der Waals surface area contributed by atoms with Crippen LogP contribution < -0.4 is 5.73 Å². The molecular weight excluding hydrogens is 222 g/mol. The van der Waals surface area contributed by atoms with E-state index in [-0.39, 0.29) is 11.0 Å². The number of aromatic nitrogens is 2. The first-order valence-electron chi connectivity index (χ1n) is 6.60. The molecular formula is C15H21N3. The largest absolute Gasteiger partial charge is 0.399 e. The van der Waals surface area contributed by atoms with Crippen LogP contribution in [0.3, 0.4) is 0 Å². The van der Waals surface area contributed by atoms with Crippen LogP contribution in [-0.4, -0.2) is 9.55 Å². The first kappa shape index (κ1) is 11.6. The minimum absolute atomic E-state index is 0.0549. The molecule has 1 aliphatic carbocycles. The highest BCUT2D eigenvalue weighted by molar-refractivity contribution is 5.80. The van der Waals surface area contributed by atoms with Crippen molar-refractivity contribution in [2.45, 2.75) is 51.5 Å². The van der Waals surface area contributed by atoms with Gasteiger partial charge in [-0.3, -0.25) is 0 Å². The van der Waals surface area contributed by atoms with Crippen LogP contribution in [0.5, 0.6) is 0 Å². The minimum Gasteiger partial charge on any atom is -0.399 e. The molecule has 0 bridgehead atoms. The van der Waals surface area contributed by atoms with E-state index < -0.39 is 0 Å². The predicted molar refractivity (Wildman–Crippen MR) is 75.7 cm³/mol. The molecule has 0 radical (unpaired) electrons. The summed E-state index contributed by atoms with van der Waals surface area (Å²) in [4.78, 5) is 4.83. The number of nitrogen functional groups attached to an aromatic ring is 1. The van der Waals surface area contributed by atoms with E-state index in [9.17, 15) is 0 Å². The van der Waals surface area contributed by atoms with Crippen molar-refractivity contribution >= 4 is 16.7 Å². The summed E-state index contributed by atoms with van der Waals surface area (Å²) < 4.78 is 2.43. The second-order valence-corrected chi connectivity index (χ2v) is 6.77. The highest BCUT2D eigenvalue weighted by Gasteiger charge is 2.43. The zero-order valence-electron chi connectivity index (χ0n) is 11.6. The SMILES string of the molecule is CC(C)(C)c1nc2cc(N)ccc2n1C1(C)CC1. The molecule has 1 fully saturated rings. The van der Waals surface area contributed by atoms with Crippen LogP contribution in [-0.2, 0) is 11.0 Å². The molecule has 0 amide bonds. The minimum atomic E-state index is 0.0549. The maximum Gasteiger partial charge on any atom is 0.115 e. The lowest BCUT2D eigenvalue weighted by Gasteiger charge is -2.24. The Bertz CT molecular complexity index is 612. The molecule has 1 aromatic heterocycles. The molecule has 0 unspecified atom stereocenters. The summed E-state index contributed by atoms with van der Waals surface area (Å²) in [6.45, 7) is 8.99. The maximum absolute atomic E-state index is 5.87. The van der Waals surface area contributed by atoms with E-state index in [1.807, 2.05) is 12.1 Å². The van der Waals surface area contributed by atoms with E-state index in [4.69, 9.17) is 10.7 Å². The van der Waals surface area contributed by atoms with Crippen LogP contribution in [0, 0.1) is 0 Å². The number of nitrogens with zero attached hydrogens (tertiary/aromatic N) is 2. The zero-order chi connectivity index (χ0) is 13.1. The molecule has 18 heavy (non-hydrogen) atoms. The highest BCUT2D eigenvalue weighted by Crippen LogP contribution is 2.47. The fourth-order valence-corrected chi connectivity index (χ4v) is 2.55. The highest BCUT2D eigenvalue weighted by atomic mass is 15.2. The molecule has 2 aromatic rings. The maximum atomic E-state index is 5.87. The summed E-state index contributed by atoms with van der Waals surface area (Å²) in [7, 11) is 0. The number of rotatable bonds is 1. The monoisotopic (exact) mass is 243 g/mol. The number of benzene rings is 1. The second kappa shape index (κ2) is 3.28. The van der Waals surface area contributed by atoms with Gasteiger partial charge in [-0.2, -0.15) is 0 Å². The Morgan fingerprint density at radius 3 is 2.50 bits per heavy atom. The van der Waals surface area contributed by atoms with Gasteiger partial charge < -0.3 is 10.3 Å². The first-order valence-corrected chi connectivity index (χ1v) is 6.60. The number of hydrogen-bond acceptors (Lipinski definition) is 2. The van der Waals surface area contributed by atoms with E-state index in [2.05, 4.69) is 38.3 Å². The molecule has 1 aromatic carbocycles. The van der Waals surface area contributed by atoms with Gasteiger partial charge in [0.2, 0.25) is 0 Å². The third-order valence-corrected chi connectivity index (χ3v) is 3.86. The Balaban J connectivity index is 2.34. The molecule has 3 rings (SSSR count).